The molecule has 4 rings (SSSR count). The van der Waals surface area contributed by atoms with Crippen LogP contribution in [0.1, 0.15) is 5.56 Å². The zero-order valence-corrected chi connectivity index (χ0v) is 14.0. The van der Waals surface area contributed by atoms with Gasteiger partial charge in [0.05, 0.1) is 21.9 Å². The SMILES string of the molecule is O=C(NCc1cn[nH]c1)Nc1ccc(-c2cccc3scnc23)cc1. The lowest BCUT2D eigenvalue weighted by Crippen LogP contribution is -2.27. The van der Waals surface area contributed by atoms with Gasteiger partial charge in [-0.2, -0.15) is 5.10 Å². The van der Waals surface area contributed by atoms with Crippen molar-refractivity contribution in [1.82, 2.24) is 20.5 Å². The van der Waals surface area contributed by atoms with E-state index in [9.17, 15) is 4.79 Å². The summed E-state index contributed by atoms with van der Waals surface area (Å²) in [6, 6.07) is 13.6. The fourth-order valence-electron chi connectivity index (χ4n) is 2.58. The second kappa shape index (κ2) is 6.74. The Morgan fingerprint density at radius 3 is 2.84 bits per heavy atom. The van der Waals surface area contributed by atoms with Gasteiger partial charge in [0.2, 0.25) is 0 Å². The van der Waals surface area contributed by atoms with Gasteiger partial charge in [0, 0.05) is 29.6 Å². The lowest BCUT2D eigenvalue weighted by atomic mass is 10.0. The highest BCUT2D eigenvalue weighted by atomic mass is 32.1. The molecule has 2 amide bonds. The first-order valence-electron chi connectivity index (χ1n) is 7.75. The van der Waals surface area contributed by atoms with Crippen molar-refractivity contribution in [2.45, 2.75) is 6.54 Å². The van der Waals surface area contributed by atoms with Gasteiger partial charge in [-0.25, -0.2) is 9.78 Å². The molecule has 3 N–H and O–H groups in total. The number of anilines is 1. The number of aromatic nitrogens is 3. The molecule has 0 fully saturated rings. The minimum Gasteiger partial charge on any atom is -0.334 e. The average molecular weight is 349 g/mol. The van der Waals surface area contributed by atoms with Crippen LogP contribution in [0.15, 0.2) is 60.4 Å². The Labute approximate surface area is 147 Å². The van der Waals surface area contributed by atoms with Crippen LogP contribution in [0.3, 0.4) is 0 Å². The van der Waals surface area contributed by atoms with Gasteiger partial charge >= 0.3 is 6.03 Å². The molecule has 2 aromatic carbocycles. The van der Waals surface area contributed by atoms with E-state index in [2.05, 4.69) is 37.9 Å². The van der Waals surface area contributed by atoms with Crippen LogP contribution in [-0.4, -0.2) is 21.2 Å². The molecule has 124 valence electrons. The van der Waals surface area contributed by atoms with E-state index in [1.165, 1.54) is 4.70 Å². The van der Waals surface area contributed by atoms with Crippen LogP contribution in [0, 0.1) is 0 Å². The van der Waals surface area contributed by atoms with Crippen LogP contribution in [0.25, 0.3) is 21.3 Å². The van der Waals surface area contributed by atoms with E-state index < -0.39 is 0 Å². The molecule has 0 aliphatic carbocycles. The fourth-order valence-corrected chi connectivity index (χ4v) is 3.29. The summed E-state index contributed by atoms with van der Waals surface area (Å²) < 4.78 is 1.17. The summed E-state index contributed by atoms with van der Waals surface area (Å²) in [5, 5.41) is 12.2. The van der Waals surface area contributed by atoms with Gasteiger partial charge in [-0.15, -0.1) is 11.3 Å². The molecule has 25 heavy (non-hydrogen) atoms. The van der Waals surface area contributed by atoms with Crippen molar-refractivity contribution < 1.29 is 4.79 Å². The van der Waals surface area contributed by atoms with E-state index in [0.29, 0.717) is 6.54 Å². The van der Waals surface area contributed by atoms with Gasteiger partial charge in [-0.1, -0.05) is 24.3 Å². The van der Waals surface area contributed by atoms with E-state index in [0.717, 1.165) is 27.9 Å². The van der Waals surface area contributed by atoms with Crippen molar-refractivity contribution in [3.05, 3.63) is 65.9 Å². The van der Waals surface area contributed by atoms with Crippen molar-refractivity contribution in [3.8, 4) is 11.1 Å². The van der Waals surface area contributed by atoms with Crippen molar-refractivity contribution >= 4 is 33.3 Å². The molecular formula is C18H15N5OS. The lowest BCUT2D eigenvalue weighted by Gasteiger charge is -2.08. The van der Waals surface area contributed by atoms with Crippen molar-refractivity contribution in [2.24, 2.45) is 0 Å². The summed E-state index contributed by atoms with van der Waals surface area (Å²) in [7, 11) is 0. The number of para-hydroxylation sites is 1. The number of rotatable bonds is 4. The molecule has 6 nitrogen and oxygen atoms in total. The minimum absolute atomic E-state index is 0.254. The highest BCUT2D eigenvalue weighted by Gasteiger charge is 2.07. The summed E-state index contributed by atoms with van der Waals surface area (Å²) in [6.45, 7) is 0.423. The largest absolute Gasteiger partial charge is 0.334 e. The molecule has 0 atom stereocenters. The first-order chi connectivity index (χ1) is 12.3. The fraction of sp³-hybridized carbons (Fsp3) is 0.0556. The van der Waals surface area contributed by atoms with E-state index >= 15 is 0 Å². The highest BCUT2D eigenvalue weighted by molar-refractivity contribution is 7.16. The number of amides is 2. The Morgan fingerprint density at radius 1 is 1.16 bits per heavy atom. The molecule has 0 unspecified atom stereocenters. The number of aromatic amines is 1. The monoisotopic (exact) mass is 349 g/mol. The van der Waals surface area contributed by atoms with Gasteiger partial charge < -0.3 is 10.6 Å². The molecule has 0 aliphatic rings. The molecular weight excluding hydrogens is 334 g/mol. The van der Waals surface area contributed by atoms with Crippen molar-refractivity contribution in [3.63, 3.8) is 0 Å². The van der Waals surface area contributed by atoms with Gasteiger partial charge in [0.15, 0.2) is 0 Å². The van der Waals surface area contributed by atoms with Crippen LogP contribution in [-0.2, 0) is 6.54 Å². The smallest absolute Gasteiger partial charge is 0.319 e. The van der Waals surface area contributed by atoms with Gasteiger partial charge in [0.25, 0.3) is 0 Å². The number of urea groups is 1. The number of benzene rings is 2. The second-order valence-electron chi connectivity index (χ2n) is 5.50. The Bertz CT molecular complexity index is 992. The van der Waals surface area contributed by atoms with Crippen LogP contribution in [0.4, 0.5) is 10.5 Å². The number of nitrogens with zero attached hydrogens (tertiary/aromatic N) is 2. The molecule has 0 saturated heterocycles. The molecule has 4 aromatic rings. The zero-order valence-electron chi connectivity index (χ0n) is 13.2. The number of hydrogen-bond donors (Lipinski definition) is 3. The quantitative estimate of drug-likeness (QED) is 0.520. The number of H-pyrrole nitrogens is 1. The number of fused-ring (bicyclic) bond motifs is 1. The Balaban J connectivity index is 1.45. The minimum atomic E-state index is -0.254. The summed E-state index contributed by atoms with van der Waals surface area (Å²) in [4.78, 5) is 16.4. The molecule has 0 bridgehead atoms. The van der Waals surface area contributed by atoms with E-state index in [-0.39, 0.29) is 6.03 Å². The third kappa shape index (κ3) is 3.36. The molecule has 2 aromatic heterocycles. The van der Waals surface area contributed by atoms with Crippen molar-refractivity contribution in [1.29, 1.82) is 0 Å². The molecule has 0 spiro atoms. The number of carbonyl (C=O) groups excluding carboxylic acids is 1. The predicted molar refractivity (Wildman–Crippen MR) is 99.5 cm³/mol. The molecule has 0 radical (unpaired) electrons. The molecule has 7 heteroatoms. The third-order valence-electron chi connectivity index (χ3n) is 3.82. The number of hydrogen-bond acceptors (Lipinski definition) is 4. The summed E-state index contributed by atoms with van der Waals surface area (Å²) in [6.07, 6.45) is 3.42. The van der Waals surface area contributed by atoms with Crippen LogP contribution in [0.2, 0.25) is 0 Å². The predicted octanol–water partition coefficient (Wildman–Crippen LogP) is 4.01. The Kier molecular flexibility index (Phi) is 4.14. The zero-order chi connectivity index (χ0) is 17.1. The Hall–Kier alpha value is -3.19. The highest BCUT2D eigenvalue weighted by Crippen LogP contribution is 2.30. The van der Waals surface area contributed by atoms with E-state index in [4.69, 9.17) is 0 Å². The average Bonchev–Trinajstić information content (AvgIpc) is 3.32. The standard InChI is InChI=1S/C18H15N5OS/c24-18(19-8-12-9-21-22-10-12)23-14-6-4-13(5-7-14)15-2-1-3-16-17(15)20-11-25-16/h1-7,9-11H,8H2,(H,21,22)(H2,19,23,24). The van der Waals surface area contributed by atoms with E-state index in [1.54, 1.807) is 23.7 Å². The van der Waals surface area contributed by atoms with Gasteiger partial charge in [0.1, 0.15) is 0 Å². The van der Waals surface area contributed by atoms with Crippen LogP contribution < -0.4 is 10.6 Å². The first kappa shape index (κ1) is 15.3. The third-order valence-corrected chi connectivity index (χ3v) is 4.62. The van der Waals surface area contributed by atoms with E-state index in [1.807, 2.05) is 35.8 Å². The van der Waals surface area contributed by atoms with Gasteiger partial charge in [-0.3, -0.25) is 5.10 Å². The Morgan fingerprint density at radius 2 is 2.04 bits per heavy atom. The first-order valence-corrected chi connectivity index (χ1v) is 8.63. The maximum Gasteiger partial charge on any atom is 0.319 e. The summed E-state index contributed by atoms with van der Waals surface area (Å²) in [5.41, 5.74) is 6.68. The van der Waals surface area contributed by atoms with Crippen LogP contribution >= 0.6 is 11.3 Å². The molecule has 2 heterocycles. The van der Waals surface area contributed by atoms with Crippen LogP contribution in [0.5, 0.6) is 0 Å². The molecule has 0 aliphatic heterocycles. The maximum atomic E-state index is 11.9. The van der Waals surface area contributed by atoms with Gasteiger partial charge in [-0.05, 0) is 23.8 Å². The second-order valence-corrected chi connectivity index (χ2v) is 6.38. The maximum absolute atomic E-state index is 11.9. The summed E-state index contributed by atoms with van der Waals surface area (Å²) in [5.74, 6) is 0. The van der Waals surface area contributed by atoms with Crippen molar-refractivity contribution in [2.75, 3.05) is 5.32 Å². The number of thiazole rings is 1. The normalized spacial score (nSPS) is 10.7. The lowest BCUT2D eigenvalue weighted by molar-refractivity contribution is 0.251. The summed E-state index contributed by atoms with van der Waals surface area (Å²) >= 11 is 1.63. The number of nitrogens with one attached hydrogen (secondary N) is 3. The topological polar surface area (TPSA) is 82.7 Å². The number of carbonyl (C=O) groups is 1. The molecule has 0 saturated carbocycles.